The van der Waals surface area contributed by atoms with E-state index in [0.29, 0.717) is 44.8 Å². The highest BCUT2D eigenvalue weighted by molar-refractivity contribution is 6.24. The molecule has 4 heterocycles. The molecule has 4 aromatic heterocycles. The quantitative estimate of drug-likeness (QED) is 0.178. The summed E-state index contributed by atoms with van der Waals surface area (Å²) in [5.41, 5.74) is 11.3. The summed E-state index contributed by atoms with van der Waals surface area (Å²) in [6, 6.07) is 66.8. The van der Waals surface area contributed by atoms with Crippen LogP contribution in [0.2, 0.25) is 0 Å². The maximum absolute atomic E-state index is 12.1. The van der Waals surface area contributed by atoms with Crippen molar-refractivity contribution in [2.45, 2.75) is 0 Å². The van der Waals surface area contributed by atoms with Crippen LogP contribution >= 0.6 is 0 Å². The molecule has 0 saturated carbocycles. The number of furan rings is 2. The summed E-state index contributed by atoms with van der Waals surface area (Å²) in [6.07, 6.45) is 0. The minimum Gasteiger partial charge on any atom is -0.454 e. The Morgan fingerprint density at radius 2 is 0.710 bits per heavy atom. The third-order valence-electron chi connectivity index (χ3n) is 12.6. The molecular weight excluding hydrogens is 761 g/mol. The zero-order chi connectivity index (χ0) is 41.1. The van der Waals surface area contributed by atoms with Crippen LogP contribution in [0.15, 0.2) is 191 Å². The van der Waals surface area contributed by atoms with Gasteiger partial charge in [-0.2, -0.15) is 10.5 Å². The fourth-order valence-corrected chi connectivity index (χ4v) is 10.1. The molecule has 286 valence electrons. The van der Waals surface area contributed by atoms with Gasteiger partial charge in [0, 0.05) is 54.2 Å². The smallest absolute Gasteiger partial charge is 0.160 e. The number of nitriles is 2. The molecule has 13 rings (SSSR count). The van der Waals surface area contributed by atoms with Gasteiger partial charge in [0.2, 0.25) is 0 Å². The molecule has 0 saturated heterocycles. The van der Waals surface area contributed by atoms with E-state index < -0.39 is 0 Å². The van der Waals surface area contributed by atoms with E-state index in [4.69, 9.17) is 8.83 Å². The van der Waals surface area contributed by atoms with Crippen molar-refractivity contribution in [3.05, 3.63) is 193 Å². The third-order valence-corrected chi connectivity index (χ3v) is 12.6. The van der Waals surface area contributed by atoms with E-state index in [0.717, 1.165) is 87.4 Å². The molecule has 0 N–H and O–H groups in total. The van der Waals surface area contributed by atoms with Gasteiger partial charge in [0.1, 0.15) is 28.9 Å². The molecule has 0 bridgehead atoms. The molecule has 0 fully saturated rings. The summed E-state index contributed by atoms with van der Waals surface area (Å²) in [4.78, 5) is 0. The van der Waals surface area contributed by atoms with Crippen LogP contribution in [0, 0.1) is 22.7 Å². The van der Waals surface area contributed by atoms with Crippen molar-refractivity contribution in [3.63, 3.8) is 0 Å². The maximum atomic E-state index is 12.1. The molecule has 6 heteroatoms. The summed E-state index contributed by atoms with van der Waals surface area (Å²) >= 11 is 0. The van der Waals surface area contributed by atoms with Crippen molar-refractivity contribution in [2.24, 2.45) is 0 Å². The lowest BCUT2D eigenvalue weighted by atomic mass is 9.86. The second-order valence-electron chi connectivity index (χ2n) is 15.7. The van der Waals surface area contributed by atoms with Crippen LogP contribution in [0.5, 0.6) is 0 Å². The SMILES string of the molecule is N#Cc1c(-c2ccccc2)c(-n2c3ccccc3c3ccc4c5ccccc5oc4c32)c(C#N)c(-n2c3ccccc3c3ccc4c5ccccc5oc4c32)c1-c1ccccc1. The van der Waals surface area contributed by atoms with Gasteiger partial charge in [0.05, 0.1) is 39.0 Å². The first kappa shape index (κ1) is 34.1. The molecule has 0 radical (unpaired) electrons. The lowest BCUT2D eigenvalue weighted by molar-refractivity contribution is 0.671. The van der Waals surface area contributed by atoms with Gasteiger partial charge in [-0.1, -0.05) is 146 Å². The fourth-order valence-electron chi connectivity index (χ4n) is 10.1. The van der Waals surface area contributed by atoms with E-state index in [1.165, 1.54) is 0 Å². The summed E-state index contributed by atoms with van der Waals surface area (Å²) in [5, 5.41) is 31.9. The van der Waals surface area contributed by atoms with Gasteiger partial charge >= 0.3 is 0 Å². The van der Waals surface area contributed by atoms with E-state index in [9.17, 15) is 10.5 Å². The van der Waals surface area contributed by atoms with Gasteiger partial charge < -0.3 is 18.0 Å². The summed E-state index contributed by atoms with van der Waals surface area (Å²) in [5.74, 6) is 0. The lowest BCUT2D eigenvalue weighted by Crippen LogP contribution is -2.11. The van der Waals surface area contributed by atoms with E-state index >= 15 is 0 Å². The van der Waals surface area contributed by atoms with Crippen LogP contribution in [0.3, 0.4) is 0 Å². The fraction of sp³-hybridized carbons (Fsp3) is 0. The lowest BCUT2D eigenvalue weighted by Gasteiger charge is -2.25. The Labute approximate surface area is 353 Å². The number of benzene rings is 9. The average molecular weight is 791 g/mol. The molecule has 0 atom stereocenters. The molecular formula is C56H30N4O2. The summed E-state index contributed by atoms with van der Waals surface area (Å²) in [7, 11) is 0. The first-order chi connectivity index (χ1) is 30.7. The first-order valence-electron chi connectivity index (χ1n) is 20.6. The van der Waals surface area contributed by atoms with Crippen molar-refractivity contribution in [1.29, 1.82) is 10.5 Å². The molecule has 0 aliphatic rings. The number of aromatic nitrogens is 2. The monoisotopic (exact) mass is 790 g/mol. The van der Waals surface area contributed by atoms with Crippen molar-refractivity contribution in [3.8, 4) is 45.8 Å². The molecule has 0 aliphatic carbocycles. The van der Waals surface area contributed by atoms with Crippen molar-refractivity contribution in [1.82, 2.24) is 9.13 Å². The Morgan fingerprint density at radius 1 is 0.339 bits per heavy atom. The number of hydrogen-bond donors (Lipinski definition) is 0. The Bertz CT molecular complexity index is 3860. The topological polar surface area (TPSA) is 83.7 Å². The van der Waals surface area contributed by atoms with Crippen LogP contribution < -0.4 is 0 Å². The van der Waals surface area contributed by atoms with Gasteiger partial charge in [0.15, 0.2) is 11.2 Å². The number of para-hydroxylation sites is 4. The average Bonchev–Trinajstić information content (AvgIpc) is 4.09. The molecule has 9 aromatic carbocycles. The molecule has 62 heavy (non-hydrogen) atoms. The van der Waals surface area contributed by atoms with E-state index in [1.54, 1.807) is 0 Å². The minimum absolute atomic E-state index is 0.397. The molecule has 0 aliphatic heterocycles. The highest BCUT2D eigenvalue weighted by Gasteiger charge is 2.33. The van der Waals surface area contributed by atoms with Crippen molar-refractivity contribution < 1.29 is 8.83 Å². The van der Waals surface area contributed by atoms with Gasteiger partial charge in [-0.05, 0) is 47.5 Å². The second-order valence-corrected chi connectivity index (χ2v) is 15.7. The van der Waals surface area contributed by atoms with Gasteiger partial charge in [0.25, 0.3) is 0 Å². The van der Waals surface area contributed by atoms with Gasteiger partial charge in [-0.25, -0.2) is 0 Å². The van der Waals surface area contributed by atoms with Crippen LogP contribution in [-0.2, 0) is 0 Å². The predicted molar refractivity (Wildman–Crippen MR) is 250 cm³/mol. The number of fused-ring (bicyclic) bond motifs is 14. The first-order valence-corrected chi connectivity index (χ1v) is 20.6. The highest BCUT2D eigenvalue weighted by Crippen LogP contribution is 2.50. The van der Waals surface area contributed by atoms with Crippen LogP contribution in [0.4, 0.5) is 0 Å². The van der Waals surface area contributed by atoms with Crippen LogP contribution in [-0.4, -0.2) is 9.13 Å². The van der Waals surface area contributed by atoms with Crippen LogP contribution in [0.25, 0.3) is 121 Å². The van der Waals surface area contributed by atoms with Gasteiger partial charge in [-0.3, -0.25) is 0 Å². The van der Waals surface area contributed by atoms with Crippen molar-refractivity contribution >= 4 is 87.5 Å². The Morgan fingerprint density at radius 3 is 1.15 bits per heavy atom. The van der Waals surface area contributed by atoms with Crippen molar-refractivity contribution in [2.75, 3.05) is 0 Å². The third kappa shape index (κ3) is 4.50. The van der Waals surface area contributed by atoms with E-state index in [2.05, 4.69) is 81.9 Å². The Kier molecular flexibility index (Phi) is 7.05. The molecule has 13 aromatic rings. The Hall–Kier alpha value is -8.84. The molecule has 0 amide bonds. The summed E-state index contributed by atoms with van der Waals surface area (Å²) < 4.78 is 18.0. The standard InChI is InChI=1S/C56H30N4O2/c57-31-43-49(33-15-3-1-4-16-33)51(59-45-23-11-7-19-35(45)39-27-29-41-37-21-9-13-25-47(37)61-55(41)53(39)59)44(32-58)52(50(43)34-17-5-2-6-18-34)60-46-24-12-8-20-36(46)40-28-30-42-38-22-10-14-26-48(38)62-56(42)54(40)60/h1-30H. The maximum Gasteiger partial charge on any atom is 0.160 e. The predicted octanol–water partition coefficient (Wildman–Crippen LogP) is 14.8. The number of hydrogen-bond acceptors (Lipinski definition) is 4. The normalized spacial score (nSPS) is 11.8. The molecule has 6 nitrogen and oxygen atoms in total. The minimum atomic E-state index is 0.397. The summed E-state index contributed by atoms with van der Waals surface area (Å²) in [6.45, 7) is 0. The Balaban J connectivity index is 1.33. The second kappa shape index (κ2) is 12.8. The molecule has 0 spiro atoms. The van der Waals surface area contributed by atoms with Gasteiger partial charge in [-0.15, -0.1) is 0 Å². The largest absolute Gasteiger partial charge is 0.454 e. The number of nitrogens with zero attached hydrogens (tertiary/aromatic N) is 4. The van der Waals surface area contributed by atoms with E-state index in [1.807, 2.05) is 121 Å². The zero-order valence-electron chi connectivity index (χ0n) is 32.9. The van der Waals surface area contributed by atoms with E-state index in [-0.39, 0.29) is 0 Å². The zero-order valence-corrected chi connectivity index (χ0v) is 32.9. The number of rotatable bonds is 4. The highest BCUT2D eigenvalue weighted by atomic mass is 16.3. The molecule has 0 unspecified atom stereocenters. The van der Waals surface area contributed by atoms with Crippen LogP contribution in [0.1, 0.15) is 11.1 Å².